The van der Waals surface area contributed by atoms with E-state index in [9.17, 15) is 4.39 Å². The molecule has 4 nitrogen and oxygen atoms in total. The van der Waals surface area contributed by atoms with E-state index in [1.54, 1.807) is 20.1 Å². The SMILES string of the molecule is COCCOCCOc1ccc(F)cc1[C@H](C)N. The van der Waals surface area contributed by atoms with E-state index in [1.807, 2.05) is 0 Å². The van der Waals surface area contributed by atoms with Gasteiger partial charge < -0.3 is 19.9 Å². The standard InChI is InChI=1S/C13H20FNO3/c1-10(15)12-9-11(14)3-4-13(12)18-8-7-17-6-5-16-2/h3-4,9-10H,5-8,15H2,1-2H3/t10-/m0/s1. The fourth-order valence-electron chi connectivity index (χ4n) is 1.46. The van der Waals surface area contributed by atoms with Crippen molar-refractivity contribution in [2.75, 3.05) is 33.5 Å². The number of hydrogen-bond donors (Lipinski definition) is 1. The van der Waals surface area contributed by atoms with E-state index in [4.69, 9.17) is 19.9 Å². The normalized spacial score (nSPS) is 12.4. The highest BCUT2D eigenvalue weighted by atomic mass is 19.1. The molecule has 1 aromatic rings. The first-order valence-corrected chi connectivity index (χ1v) is 5.89. The van der Waals surface area contributed by atoms with Crippen molar-refractivity contribution in [1.29, 1.82) is 0 Å². The Morgan fingerprint density at radius 1 is 1.22 bits per heavy atom. The topological polar surface area (TPSA) is 53.7 Å². The quantitative estimate of drug-likeness (QED) is 0.722. The number of halogens is 1. The highest BCUT2D eigenvalue weighted by Gasteiger charge is 2.09. The summed E-state index contributed by atoms with van der Waals surface area (Å²) in [6.07, 6.45) is 0. The Morgan fingerprint density at radius 2 is 1.94 bits per heavy atom. The van der Waals surface area contributed by atoms with Crippen molar-refractivity contribution in [3.05, 3.63) is 29.6 Å². The summed E-state index contributed by atoms with van der Waals surface area (Å²) in [6, 6.07) is 4.06. The summed E-state index contributed by atoms with van der Waals surface area (Å²) < 4.78 is 28.7. The van der Waals surface area contributed by atoms with Crippen LogP contribution in [0.25, 0.3) is 0 Å². The van der Waals surface area contributed by atoms with Gasteiger partial charge in [0.15, 0.2) is 0 Å². The predicted molar refractivity (Wildman–Crippen MR) is 67.2 cm³/mol. The van der Waals surface area contributed by atoms with Gasteiger partial charge in [0.25, 0.3) is 0 Å². The molecule has 0 aliphatic carbocycles. The van der Waals surface area contributed by atoms with Crippen LogP contribution in [-0.4, -0.2) is 33.5 Å². The summed E-state index contributed by atoms with van der Waals surface area (Å²) in [6.45, 7) is 3.73. The van der Waals surface area contributed by atoms with Crippen molar-refractivity contribution >= 4 is 0 Å². The Bertz CT molecular complexity index is 358. The minimum Gasteiger partial charge on any atom is -0.491 e. The zero-order valence-electron chi connectivity index (χ0n) is 10.8. The lowest BCUT2D eigenvalue weighted by Crippen LogP contribution is -2.13. The molecule has 0 spiro atoms. The third kappa shape index (κ3) is 5.00. The van der Waals surface area contributed by atoms with Gasteiger partial charge in [0.1, 0.15) is 18.2 Å². The first-order chi connectivity index (χ1) is 8.65. The lowest BCUT2D eigenvalue weighted by Gasteiger charge is -2.14. The van der Waals surface area contributed by atoms with Gasteiger partial charge in [-0.05, 0) is 25.1 Å². The second-order valence-electron chi connectivity index (χ2n) is 3.92. The Morgan fingerprint density at radius 3 is 2.61 bits per heavy atom. The molecule has 0 aliphatic rings. The molecule has 0 amide bonds. The molecule has 0 heterocycles. The fraction of sp³-hybridized carbons (Fsp3) is 0.538. The minimum absolute atomic E-state index is 0.273. The maximum absolute atomic E-state index is 13.1. The molecule has 0 radical (unpaired) electrons. The van der Waals surface area contributed by atoms with E-state index in [0.717, 1.165) is 0 Å². The first kappa shape index (κ1) is 14.9. The number of methoxy groups -OCH3 is 1. The number of hydrogen-bond acceptors (Lipinski definition) is 4. The lowest BCUT2D eigenvalue weighted by atomic mass is 10.1. The van der Waals surface area contributed by atoms with Crippen molar-refractivity contribution in [1.82, 2.24) is 0 Å². The van der Waals surface area contributed by atoms with Crippen LogP contribution in [0.1, 0.15) is 18.5 Å². The maximum atomic E-state index is 13.1. The van der Waals surface area contributed by atoms with Crippen LogP contribution in [0.2, 0.25) is 0 Å². The summed E-state index contributed by atoms with van der Waals surface area (Å²) in [5.41, 5.74) is 6.42. The molecule has 0 fully saturated rings. The van der Waals surface area contributed by atoms with E-state index in [1.165, 1.54) is 12.1 Å². The molecular weight excluding hydrogens is 237 g/mol. The summed E-state index contributed by atoms with van der Waals surface area (Å²) in [5.74, 6) is 0.285. The van der Waals surface area contributed by atoms with Crippen molar-refractivity contribution in [3.63, 3.8) is 0 Å². The summed E-state index contributed by atoms with van der Waals surface area (Å²) in [7, 11) is 1.62. The maximum Gasteiger partial charge on any atom is 0.124 e. The van der Waals surface area contributed by atoms with Gasteiger partial charge in [-0.25, -0.2) is 4.39 Å². The molecule has 0 aliphatic heterocycles. The predicted octanol–water partition coefficient (Wildman–Crippen LogP) is 1.89. The van der Waals surface area contributed by atoms with E-state index in [2.05, 4.69) is 0 Å². The molecule has 1 aromatic carbocycles. The van der Waals surface area contributed by atoms with Crippen molar-refractivity contribution in [2.45, 2.75) is 13.0 Å². The Balaban J connectivity index is 2.42. The molecule has 0 saturated carbocycles. The van der Waals surface area contributed by atoms with Gasteiger partial charge in [0, 0.05) is 18.7 Å². The molecule has 0 aromatic heterocycles. The average Bonchev–Trinajstić information content (AvgIpc) is 2.35. The molecule has 1 rings (SSSR count). The lowest BCUT2D eigenvalue weighted by molar-refractivity contribution is 0.0542. The number of nitrogens with two attached hydrogens (primary N) is 1. The van der Waals surface area contributed by atoms with Crippen LogP contribution in [-0.2, 0) is 9.47 Å². The van der Waals surface area contributed by atoms with Crippen LogP contribution in [0.3, 0.4) is 0 Å². The molecule has 1 atom stereocenters. The van der Waals surface area contributed by atoms with Crippen LogP contribution in [0.4, 0.5) is 4.39 Å². The first-order valence-electron chi connectivity index (χ1n) is 5.89. The van der Waals surface area contributed by atoms with Crippen LogP contribution >= 0.6 is 0 Å². The van der Waals surface area contributed by atoms with E-state index in [0.29, 0.717) is 37.7 Å². The zero-order valence-corrected chi connectivity index (χ0v) is 10.8. The molecule has 102 valence electrons. The third-order valence-corrected chi connectivity index (χ3v) is 2.38. The molecule has 2 N–H and O–H groups in total. The highest BCUT2D eigenvalue weighted by molar-refractivity contribution is 5.36. The number of ether oxygens (including phenoxy) is 3. The van der Waals surface area contributed by atoms with Gasteiger partial charge in [-0.2, -0.15) is 0 Å². The fourth-order valence-corrected chi connectivity index (χ4v) is 1.46. The van der Waals surface area contributed by atoms with Gasteiger partial charge in [-0.3, -0.25) is 0 Å². The van der Waals surface area contributed by atoms with E-state index in [-0.39, 0.29) is 11.9 Å². The second-order valence-corrected chi connectivity index (χ2v) is 3.92. The monoisotopic (exact) mass is 257 g/mol. The smallest absolute Gasteiger partial charge is 0.124 e. The third-order valence-electron chi connectivity index (χ3n) is 2.38. The van der Waals surface area contributed by atoms with Crippen LogP contribution < -0.4 is 10.5 Å². The molecule has 0 unspecified atom stereocenters. The van der Waals surface area contributed by atoms with Crippen LogP contribution in [0.15, 0.2) is 18.2 Å². The van der Waals surface area contributed by atoms with Crippen LogP contribution in [0, 0.1) is 5.82 Å². The molecule has 18 heavy (non-hydrogen) atoms. The average molecular weight is 257 g/mol. The van der Waals surface area contributed by atoms with Crippen molar-refractivity contribution in [2.24, 2.45) is 5.73 Å². The molecule has 0 bridgehead atoms. The minimum atomic E-state index is -0.314. The number of rotatable bonds is 8. The molecule has 0 saturated heterocycles. The van der Waals surface area contributed by atoms with Crippen LogP contribution in [0.5, 0.6) is 5.75 Å². The summed E-state index contributed by atoms with van der Waals surface area (Å²) >= 11 is 0. The van der Waals surface area contributed by atoms with Gasteiger partial charge in [-0.15, -0.1) is 0 Å². The van der Waals surface area contributed by atoms with Gasteiger partial charge in [-0.1, -0.05) is 0 Å². The largest absolute Gasteiger partial charge is 0.491 e. The van der Waals surface area contributed by atoms with Crippen molar-refractivity contribution < 1.29 is 18.6 Å². The Hall–Kier alpha value is -1.17. The molecule has 5 heteroatoms. The second kappa shape index (κ2) is 8.02. The van der Waals surface area contributed by atoms with Gasteiger partial charge in [0.2, 0.25) is 0 Å². The number of benzene rings is 1. The Labute approximate surface area is 107 Å². The zero-order chi connectivity index (χ0) is 13.4. The summed E-state index contributed by atoms with van der Waals surface area (Å²) in [5, 5.41) is 0. The molecular formula is C13H20FNO3. The van der Waals surface area contributed by atoms with Gasteiger partial charge in [0.05, 0.1) is 19.8 Å². The van der Waals surface area contributed by atoms with Gasteiger partial charge >= 0.3 is 0 Å². The Kier molecular flexibility index (Phi) is 6.64. The van der Waals surface area contributed by atoms with E-state index >= 15 is 0 Å². The van der Waals surface area contributed by atoms with E-state index < -0.39 is 0 Å². The highest BCUT2D eigenvalue weighted by Crippen LogP contribution is 2.24. The van der Waals surface area contributed by atoms with Crippen molar-refractivity contribution in [3.8, 4) is 5.75 Å². The summed E-state index contributed by atoms with van der Waals surface area (Å²) in [4.78, 5) is 0.